The summed E-state index contributed by atoms with van der Waals surface area (Å²) in [5.41, 5.74) is 3.75. The number of aliphatic hydroxyl groups is 1. The molecule has 0 atom stereocenters. The number of nitrogens with zero attached hydrogens (tertiary/aromatic N) is 4. The third-order valence-corrected chi connectivity index (χ3v) is 6.67. The molecule has 0 spiro atoms. The Hall–Kier alpha value is -3.65. The topological polar surface area (TPSA) is 75.9 Å². The van der Waals surface area contributed by atoms with E-state index >= 15 is 0 Å². The van der Waals surface area contributed by atoms with Gasteiger partial charge in [-0.05, 0) is 93.6 Å². The minimum atomic E-state index is -0.657. The van der Waals surface area contributed by atoms with Gasteiger partial charge in [0.25, 0.3) is 0 Å². The van der Waals surface area contributed by atoms with E-state index < -0.39 is 5.60 Å². The minimum Gasteiger partial charge on any atom is -0.390 e. The Bertz CT molecular complexity index is 1340. The second-order valence-electron chi connectivity index (χ2n) is 9.43. The molecule has 5 rings (SSSR count). The molecule has 35 heavy (non-hydrogen) atoms. The maximum atomic E-state index is 13.6. The van der Waals surface area contributed by atoms with E-state index in [4.69, 9.17) is 9.97 Å². The van der Waals surface area contributed by atoms with Gasteiger partial charge in [-0.15, -0.1) is 0 Å². The molecule has 0 aliphatic heterocycles. The SMILES string of the molecule is Cc1cc(F)ccc1Nc1nccc(-c2c(-c3ccc(F)cc3)ncn2[C@H]2CC[C@@](C)(O)CC2)n1. The van der Waals surface area contributed by atoms with Gasteiger partial charge in [-0.3, -0.25) is 0 Å². The molecule has 0 radical (unpaired) electrons. The van der Waals surface area contributed by atoms with Crippen LogP contribution in [0.3, 0.4) is 0 Å². The summed E-state index contributed by atoms with van der Waals surface area (Å²) in [5, 5.41) is 13.6. The predicted molar refractivity (Wildman–Crippen MR) is 131 cm³/mol. The third kappa shape index (κ3) is 4.93. The lowest BCUT2D eigenvalue weighted by Crippen LogP contribution is -2.31. The molecule has 0 bridgehead atoms. The smallest absolute Gasteiger partial charge is 0.227 e. The maximum absolute atomic E-state index is 13.6. The van der Waals surface area contributed by atoms with E-state index in [9.17, 15) is 13.9 Å². The fraction of sp³-hybridized carbons (Fsp3) is 0.296. The highest BCUT2D eigenvalue weighted by atomic mass is 19.1. The maximum Gasteiger partial charge on any atom is 0.227 e. The van der Waals surface area contributed by atoms with E-state index in [-0.39, 0.29) is 17.7 Å². The van der Waals surface area contributed by atoms with Gasteiger partial charge in [0.15, 0.2) is 0 Å². The zero-order valence-electron chi connectivity index (χ0n) is 19.7. The van der Waals surface area contributed by atoms with Crippen molar-refractivity contribution in [3.8, 4) is 22.6 Å². The van der Waals surface area contributed by atoms with Crippen LogP contribution < -0.4 is 5.32 Å². The molecule has 1 aliphatic carbocycles. The Balaban J connectivity index is 1.56. The van der Waals surface area contributed by atoms with Crippen molar-refractivity contribution in [3.63, 3.8) is 0 Å². The molecule has 180 valence electrons. The number of nitrogens with one attached hydrogen (secondary N) is 1. The molecule has 0 unspecified atom stereocenters. The lowest BCUT2D eigenvalue weighted by Gasteiger charge is -2.34. The normalized spacial score (nSPS) is 20.1. The molecular formula is C27H27F2N5O. The summed E-state index contributed by atoms with van der Waals surface area (Å²) in [6, 6.07) is 12.7. The number of halogens is 2. The number of hydrogen-bond donors (Lipinski definition) is 2. The van der Waals surface area contributed by atoms with Gasteiger partial charge in [-0.1, -0.05) is 0 Å². The average molecular weight is 476 g/mol. The molecule has 2 aromatic heterocycles. The van der Waals surface area contributed by atoms with Crippen molar-refractivity contribution in [3.05, 3.63) is 78.3 Å². The Morgan fingerprint density at radius 2 is 1.71 bits per heavy atom. The Labute approximate surface area is 202 Å². The third-order valence-electron chi connectivity index (χ3n) is 6.67. The van der Waals surface area contributed by atoms with E-state index in [1.54, 1.807) is 30.7 Å². The molecule has 0 saturated heterocycles. The van der Waals surface area contributed by atoms with E-state index in [1.165, 1.54) is 24.3 Å². The molecule has 2 heterocycles. The molecule has 2 N–H and O–H groups in total. The van der Waals surface area contributed by atoms with Gasteiger partial charge in [0.05, 0.1) is 29.0 Å². The molecule has 1 saturated carbocycles. The monoisotopic (exact) mass is 475 g/mol. The first-order valence-corrected chi connectivity index (χ1v) is 11.7. The standard InChI is InChI=1S/C27H27F2N5O/c1-17-15-20(29)7-8-22(17)32-26-30-14-11-23(33-26)25-24(18-3-5-19(28)6-4-18)31-16-34(25)21-9-12-27(2,35)13-10-21/h3-8,11,14-16,21,35H,9-10,12-13H2,1-2H3,(H,30,32,33)/t21-,27+. The zero-order chi connectivity index (χ0) is 24.6. The van der Waals surface area contributed by atoms with Crippen LogP contribution in [0.25, 0.3) is 22.6 Å². The fourth-order valence-electron chi connectivity index (χ4n) is 4.65. The van der Waals surface area contributed by atoms with Crippen LogP contribution in [0.1, 0.15) is 44.2 Å². The lowest BCUT2D eigenvalue weighted by molar-refractivity contribution is 0.0101. The van der Waals surface area contributed by atoms with Crippen molar-refractivity contribution in [2.24, 2.45) is 0 Å². The highest BCUT2D eigenvalue weighted by Gasteiger charge is 2.31. The number of aryl methyl sites for hydroxylation is 1. The number of hydrogen-bond acceptors (Lipinski definition) is 5. The van der Waals surface area contributed by atoms with Crippen LogP contribution in [0.4, 0.5) is 20.4 Å². The number of rotatable bonds is 5. The average Bonchev–Trinajstić information content (AvgIpc) is 3.27. The first kappa shape index (κ1) is 23.1. The molecule has 4 aromatic rings. The van der Waals surface area contributed by atoms with Gasteiger partial charge in [0, 0.05) is 23.5 Å². The quantitative estimate of drug-likeness (QED) is 0.359. The summed E-state index contributed by atoms with van der Waals surface area (Å²) in [5.74, 6) is -0.240. The van der Waals surface area contributed by atoms with Gasteiger partial charge >= 0.3 is 0 Å². The predicted octanol–water partition coefficient (Wildman–Crippen LogP) is 6.20. The summed E-state index contributed by atoms with van der Waals surface area (Å²) >= 11 is 0. The fourth-order valence-corrected chi connectivity index (χ4v) is 4.65. The van der Waals surface area contributed by atoms with Crippen molar-refractivity contribution in [2.45, 2.75) is 51.2 Å². The first-order chi connectivity index (χ1) is 16.8. The van der Waals surface area contributed by atoms with Crippen molar-refractivity contribution < 1.29 is 13.9 Å². The molecule has 6 nitrogen and oxygen atoms in total. The Morgan fingerprint density at radius 1 is 1.00 bits per heavy atom. The van der Waals surface area contributed by atoms with Crippen LogP contribution in [0.5, 0.6) is 0 Å². The second kappa shape index (κ2) is 9.19. The van der Waals surface area contributed by atoms with Crippen molar-refractivity contribution in [1.82, 2.24) is 19.5 Å². The van der Waals surface area contributed by atoms with Gasteiger partial charge in [-0.25, -0.2) is 23.7 Å². The summed E-state index contributed by atoms with van der Waals surface area (Å²) in [4.78, 5) is 13.8. The molecule has 8 heteroatoms. The zero-order valence-corrected chi connectivity index (χ0v) is 19.7. The van der Waals surface area contributed by atoms with Crippen LogP contribution >= 0.6 is 0 Å². The van der Waals surface area contributed by atoms with Gasteiger partial charge in [0.1, 0.15) is 11.6 Å². The molecule has 2 aromatic carbocycles. The second-order valence-corrected chi connectivity index (χ2v) is 9.43. The number of aromatic nitrogens is 4. The number of anilines is 2. The largest absolute Gasteiger partial charge is 0.390 e. The summed E-state index contributed by atoms with van der Waals surface area (Å²) in [7, 11) is 0. The highest BCUT2D eigenvalue weighted by molar-refractivity contribution is 5.77. The van der Waals surface area contributed by atoms with Crippen molar-refractivity contribution >= 4 is 11.6 Å². The highest BCUT2D eigenvalue weighted by Crippen LogP contribution is 2.40. The Morgan fingerprint density at radius 3 is 2.43 bits per heavy atom. The first-order valence-electron chi connectivity index (χ1n) is 11.7. The van der Waals surface area contributed by atoms with Gasteiger partial charge in [0.2, 0.25) is 5.95 Å². The summed E-state index contributed by atoms with van der Waals surface area (Å²) in [6.07, 6.45) is 6.48. The van der Waals surface area contributed by atoms with Crippen LogP contribution in [-0.2, 0) is 0 Å². The van der Waals surface area contributed by atoms with E-state index in [0.29, 0.717) is 35.9 Å². The minimum absolute atomic E-state index is 0.151. The van der Waals surface area contributed by atoms with Crippen LogP contribution in [0, 0.1) is 18.6 Å². The van der Waals surface area contributed by atoms with Crippen molar-refractivity contribution in [2.75, 3.05) is 5.32 Å². The van der Waals surface area contributed by atoms with E-state index in [1.807, 2.05) is 19.9 Å². The van der Waals surface area contributed by atoms with Gasteiger partial charge in [-0.2, -0.15) is 0 Å². The number of imidazole rings is 1. The molecule has 1 fully saturated rings. The number of benzene rings is 2. The van der Waals surface area contributed by atoms with Crippen LogP contribution in [-0.4, -0.2) is 30.2 Å². The van der Waals surface area contributed by atoms with Crippen LogP contribution in [0.2, 0.25) is 0 Å². The van der Waals surface area contributed by atoms with E-state index in [0.717, 1.165) is 29.7 Å². The van der Waals surface area contributed by atoms with Crippen molar-refractivity contribution in [1.29, 1.82) is 0 Å². The lowest BCUT2D eigenvalue weighted by atomic mass is 9.83. The summed E-state index contributed by atoms with van der Waals surface area (Å²) in [6.45, 7) is 3.69. The molecule has 0 amide bonds. The molecular weight excluding hydrogens is 448 g/mol. The summed E-state index contributed by atoms with van der Waals surface area (Å²) < 4.78 is 29.3. The molecule has 1 aliphatic rings. The van der Waals surface area contributed by atoms with Gasteiger partial charge < -0.3 is 15.0 Å². The Kier molecular flexibility index (Phi) is 6.06. The van der Waals surface area contributed by atoms with Crippen LogP contribution in [0.15, 0.2) is 61.1 Å². The van der Waals surface area contributed by atoms with E-state index in [2.05, 4.69) is 14.9 Å².